The molecule has 0 radical (unpaired) electrons. The molecule has 2 N–H and O–H groups in total. The Balaban J connectivity index is 1.73. The zero-order valence-corrected chi connectivity index (χ0v) is 28.7. The highest BCUT2D eigenvalue weighted by atomic mass is 28.4. The molecule has 0 aliphatic carbocycles. The summed E-state index contributed by atoms with van der Waals surface area (Å²) in [6, 6.07) is 39.0. The Kier molecular flexibility index (Phi) is 10.9. The fraction of sp³-hybridized carbons (Fsp3) is 0.359. The molecule has 1 amide bonds. The highest BCUT2D eigenvalue weighted by Crippen LogP contribution is 2.41. The number of likely N-dealkylation sites (N-methyl/N-ethyl adjacent to an activating group) is 1. The van der Waals surface area contributed by atoms with Gasteiger partial charge in [0.25, 0.3) is 8.32 Å². The third-order valence-electron chi connectivity index (χ3n) is 9.35. The first-order chi connectivity index (χ1) is 21.4. The highest BCUT2D eigenvalue weighted by Gasteiger charge is 2.54. The van der Waals surface area contributed by atoms with Crippen LogP contribution in [-0.4, -0.2) is 48.1 Å². The second-order valence-corrected chi connectivity index (χ2v) is 17.5. The van der Waals surface area contributed by atoms with Crippen LogP contribution in [0.3, 0.4) is 0 Å². The first kappa shape index (κ1) is 34.3. The van der Waals surface area contributed by atoms with Gasteiger partial charge in [-0.1, -0.05) is 156 Å². The number of carbonyl (C=O) groups is 1. The molecular weight excluding hydrogens is 575 g/mol. The number of hydrogen-bond acceptors (Lipinski definition) is 4. The summed E-state index contributed by atoms with van der Waals surface area (Å²) in [5.74, 6) is -1.10. The van der Waals surface area contributed by atoms with Crippen molar-refractivity contribution >= 4 is 24.6 Å². The lowest BCUT2D eigenvalue weighted by Gasteiger charge is -2.49. The maximum atomic E-state index is 14.4. The molecular formula is C39H49NO4Si. The second kappa shape index (κ2) is 14.3. The van der Waals surface area contributed by atoms with Gasteiger partial charge in [0, 0.05) is 7.05 Å². The first-order valence-corrected chi connectivity index (χ1v) is 17.8. The molecule has 0 unspecified atom stereocenters. The van der Waals surface area contributed by atoms with Crippen molar-refractivity contribution < 1.29 is 19.4 Å². The van der Waals surface area contributed by atoms with Crippen LogP contribution in [-0.2, 0) is 9.22 Å². The maximum Gasteiger partial charge on any atom is 0.261 e. The lowest BCUT2D eigenvalue weighted by atomic mass is 9.82. The number of aliphatic hydroxyl groups excluding tert-OH is 1. The van der Waals surface area contributed by atoms with Crippen LogP contribution in [0.2, 0.25) is 5.04 Å². The molecule has 0 heterocycles. The molecule has 0 aliphatic heterocycles. The van der Waals surface area contributed by atoms with Crippen LogP contribution in [0.15, 0.2) is 121 Å². The molecule has 0 spiro atoms. The maximum absolute atomic E-state index is 14.4. The average molecular weight is 624 g/mol. The first-order valence-electron chi connectivity index (χ1n) is 15.9. The molecule has 0 bridgehead atoms. The second-order valence-electron chi connectivity index (χ2n) is 13.3. The minimum absolute atomic E-state index is 0.270. The van der Waals surface area contributed by atoms with Crippen molar-refractivity contribution in [3.05, 3.63) is 132 Å². The molecule has 45 heavy (non-hydrogen) atoms. The van der Waals surface area contributed by atoms with Gasteiger partial charge in [0.2, 0.25) is 5.91 Å². The average Bonchev–Trinajstić information content (AvgIpc) is 3.05. The van der Waals surface area contributed by atoms with E-state index in [1.54, 1.807) is 25.8 Å². The summed E-state index contributed by atoms with van der Waals surface area (Å²) in [5, 5.41) is 25.9. The van der Waals surface area contributed by atoms with Gasteiger partial charge in [-0.2, -0.15) is 0 Å². The molecule has 5 atom stereocenters. The summed E-state index contributed by atoms with van der Waals surface area (Å²) in [4.78, 5) is 16.0. The van der Waals surface area contributed by atoms with Crippen molar-refractivity contribution in [1.82, 2.24) is 4.90 Å². The molecule has 4 aromatic rings. The van der Waals surface area contributed by atoms with Crippen molar-refractivity contribution in [3.63, 3.8) is 0 Å². The number of hydrogen-bond donors (Lipinski definition) is 2. The predicted octanol–water partition coefficient (Wildman–Crippen LogP) is 6.66. The lowest BCUT2D eigenvalue weighted by molar-refractivity contribution is -0.155. The SMILES string of the molecule is CC[C@@H](O[Si](c1ccccc1)(c1ccccc1)C(C)(C)C)[C@@](C)(O)[C@H](C)C(=O)N(C)[C@H](c1ccccc1)[C@H](O)c1ccccc1. The fourth-order valence-electron chi connectivity index (χ4n) is 6.59. The standard InChI is InChI=1S/C39H49NO4Si/c1-8-34(44-45(38(3,4)5,32-25-17-11-18-26-32)33-27-19-12-20-28-33)39(6,43)29(2)37(42)40(7)35(30-21-13-9-14-22-30)36(41)31-23-15-10-16-24-31/h9-29,34-36,41,43H,8H2,1-7H3/t29-,34-,35-,36-,39+/m1/s1. The number of carbonyl (C=O) groups excluding carboxylic acids is 1. The summed E-state index contributed by atoms with van der Waals surface area (Å²) >= 11 is 0. The van der Waals surface area contributed by atoms with Crippen molar-refractivity contribution in [3.8, 4) is 0 Å². The third-order valence-corrected chi connectivity index (χ3v) is 14.4. The number of aliphatic hydroxyl groups is 2. The summed E-state index contributed by atoms with van der Waals surface area (Å²) in [5.41, 5.74) is 0.00513. The monoisotopic (exact) mass is 623 g/mol. The predicted molar refractivity (Wildman–Crippen MR) is 186 cm³/mol. The minimum Gasteiger partial charge on any atom is -0.402 e. The quantitative estimate of drug-likeness (QED) is 0.173. The lowest BCUT2D eigenvalue weighted by Crippen LogP contribution is -2.70. The van der Waals surface area contributed by atoms with E-state index in [-0.39, 0.29) is 10.9 Å². The summed E-state index contributed by atoms with van der Waals surface area (Å²) in [6.45, 7) is 12.1. The van der Waals surface area contributed by atoms with Gasteiger partial charge < -0.3 is 19.5 Å². The zero-order chi connectivity index (χ0) is 32.8. The molecule has 4 aromatic carbocycles. The van der Waals surface area contributed by atoms with Gasteiger partial charge in [-0.05, 0) is 39.9 Å². The van der Waals surface area contributed by atoms with E-state index in [0.717, 1.165) is 15.9 Å². The van der Waals surface area contributed by atoms with Crippen LogP contribution >= 0.6 is 0 Å². The topological polar surface area (TPSA) is 70.0 Å². The van der Waals surface area contributed by atoms with Crippen LogP contribution in [0.25, 0.3) is 0 Å². The number of nitrogens with zero attached hydrogens (tertiary/aromatic N) is 1. The van der Waals surface area contributed by atoms with E-state index in [1.165, 1.54) is 0 Å². The van der Waals surface area contributed by atoms with Crippen LogP contribution in [0.4, 0.5) is 0 Å². The molecule has 0 saturated carbocycles. The Morgan fingerprint density at radius 1 is 0.756 bits per heavy atom. The normalized spacial score (nSPS) is 16.2. The van der Waals surface area contributed by atoms with Gasteiger partial charge in [-0.3, -0.25) is 4.79 Å². The van der Waals surface area contributed by atoms with Crippen molar-refractivity contribution in [2.45, 2.75) is 76.9 Å². The summed E-state index contributed by atoms with van der Waals surface area (Å²) in [7, 11) is -1.30. The van der Waals surface area contributed by atoms with Crippen LogP contribution in [0.5, 0.6) is 0 Å². The Hall–Kier alpha value is -3.55. The molecule has 4 rings (SSSR count). The van der Waals surface area contributed by atoms with Crippen molar-refractivity contribution in [1.29, 1.82) is 0 Å². The largest absolute Gasteiger partial charge is 0.402 e. The van der Waals surface area contributed by atoms with Crippen molar-refractivity contribution in [2.75, 3.05) is 7.05 Å². The van der Waals surface area contributed by atoms with Crippen molar-refractivity contribution in [2.24, 2.45) is 5.92 Å². The molecule has 6 heteroatoms. The van der Waals surface area contributed by atoms with E-state index in [1.807, 2.05) is 104 Å². The fourth-order valence-corrected chi connectivity index (χ4v) is 11.4. The van der Waals surface area contributed by atoms with E-state index in [4.69, 9.17) is 4.43 Å². The van der Waals surface area contributed by atoms with Crippen LogP contribution in [0, 0.1) is 5.92 Å². The van der Waals surface area contributed by atoms with Gasteiger partial charge >= 0.3 is 0 Å². The van der Waals surface area contributed by atoms with Gasteiger partial charge in [0.15, 0.2) is 0 Å². The summed E-state index contributed by atoms with van der Waals surface area (Å²) < 4.78 is 7.37. The number of amides is 1. The molecule has 5 nitrogen and oxygen atoms in total. The van der Waals surface area contributed by atoms with E-state index in [9.17, 15) is 15.0 Å². The molecule has 0 aliphatic rings. The Morgan fingerprint density at radius 2 is 1.16 bits per heavy atom. The van der Waals surface area contributed by atoms with Crippen LogP contribution in [0.1, 0.15) is 71.2 Å². The Morgan fingerprint density at radius 3 is 1.56 bits per heavy atom. The van der Waals surface area contributed by atoms with Gasteiger partial charge in [-0.25, -0.2) is 0 Å². The van der Waals surface area contributed by atoms with Gasteiger partial charge in [0.1, 0.15) is 6.10 Å². The molecule has 0 fully saturated rings. The molecule has 0 aromatic heterocycles. The Bertz CT molecular complexity index is 1450. The van der Waals surface area contributed by atoms with E-state index < -0.39 is 38.1 Å². The van der Waals surface area contributed by atoms with Gasteiger partial charge in [0.05, 0.1) is 23.7 Å². The minimum atomic E-state index is -3.01. The van der Waals surface area contributed by atoms with Gasteiger partial charge in [-0.15, -0.1) is 0 Å². The van der Waals surface area contributed by atoms with E-state index in [2.05, 4.69) is 45.0 Å². The van der Waals surface area contributed by atoms with E-state index in [0.29, 0.717) is 12.0 Å². The smallest absolute Gasteiger partial charge is 0.261 e. The summed E-state index contributed by atoms with van der Waals surface area (Å²) in [6.07, 6.45) is -1.10. The third kappa shape index (κ3) is 7.00. The molecule has 0 saturated heterocycles. The zero-order valence-electron chi connectivity index (χ0n) is 27.7. The number of benzene rings is 4. The highest BCUT2D eigenvalue weighted by molar-refractivity contribution is 6.99. The molecule has 238 valence electrons. The van der Waals surface area contributed by atoms with Crippen LogP contribution < -0.4 is 10.4 Å². The van der Waals surface area contributed by atoms with E-state index >= 15 is 0 Å². The number of rotatable bonds is 12. The Labute approximate surface area is 270 Å².